The summed E-state index contributed by atoms with van der Waals surface area (Å²) in [6.45, 7) is 4.02. The maximum absolute atomic E-state index is 10.7. The molecule has 0 amide bonds. The van der Waals surface area contributed by atoms with Crippen LogP contribution in [0.4, 0.5) is 11.4 Å². The molecule has 0 heterocycles. The van der Waals surface area contributed by atoms with E-state index in [1.54, 1.807) is 6.07 Å². The number of terminal acetylenes is 1. The van der Waals surface area contributed by atoms with Crippen LogP contribution in [0.2, 0.25) is 0 Å². The molecule has 1 aromatic rings. The van der Waals surface area contributed by atoms with Crippen molar-refractivity contribution >= 4 is 11.4 Å². The number of nitrogens with one attached hydrogen (secondary N) is 1. The van der Waals surface area contributed by atoms with Gasteiger partial charge in [-0.2, -0.15) is 0 Å². The number of ether oxygens (including phenoxy) is 1. The topological polar surface area (TPSA) is 64.4 Å². The number of nitrogens with zero attached hydrogens (tertiary/aromatic N) is 1. The second kappa shape index (κ2) is 5.75. The molecule has 0 aromatic heterocycles. The molecule has 0 aliphatic heterocycles. The molecule has 90 valence electrons. The fourth-order valence-electron chi connectivity index (χ4n) is 1.28. The molecule has 0 aliphatic carbocycles. The van der Waals surface area contributed by atoms with Crippen molar-refractivity contribution in [1.29, 1.82) is 0 Å². The lowest BCUT2D eigenvalue weighted by molar-refractivity contribution is -0.384. The zero-order chi connectivity index (χ0) is 12.8. The summed E-state index contributed by atoms with van der Waals surface area (Å²) in [4.78, 5) is 10.3. The lowest BCUT2D eigenvalue weighted by Gasteiger charge is -2.11. The molecule has 0 fully saturated rings. The maximum Gasteiger partial charge on any atom is 0.275 e. The van der Waals surface area contributed by atoms with Gasteiger partial charge in [0.15, 0.2) is 0 Å². The Bertz CT molecular complexity index is 450. The fraction of sp³-hybridized carbons (Fsp3) is 0.333. The van der Waals surface area contributed by atoms with Crippen molar-refractivity contribution in [1.82, 2.24) is 0 Å². The van der Waals surface area contributed by atoms with Gasteiger partial charge in [-0.1, -0.05) is 5.92 Å². The van der Waals surface area contributed by atoms with Gasteiger partial charge < -0.3 is 10.1 Å². The van der Waals surface area contributed by atoms with Crippen LogP contribution in [0.15, 0.2) is 18.2 Å². The molecular formula is C12H14N2O3. The first-order chi connectivity index (χ1) is 8.02. The van der Waals surface area contributed by atoms with Crippen LogP contribution in [0.1, 0.15) is 13.8 Å². The predicted octanol–water partition coefficient (Wildman–Crippen LogP) is 2.43. The molecule has 0 bridgehead atoms. The summed E-state index contributed by atoms with van der Waals surface area (Å²) in [5, 5.41) is 13.6. The normalized spacial score (nSPS) is 9.76. The maximum atomic E-state index is 10.7. The molecule has 5 nitrogen and oxygen atoms in total. The van der Waals surface area contributed by atoms with Gasteiger partial charge in [0.1, 0.15) is 5.75 Å². The van der Waals surface area contributed by atoms with Crippen molar-refractivity contribution < 1.29 is 9.66 Å². The van der Waals surface area contributed by atoms with E-state index in [1.807, 2.05) is 13.8 Å². The lowest BCUT2D eigenvalue weighted by atomic mass is 10.2. The molecular weight excluding hydrogens is 220 g/mol. The molecule has 5 heteroatoms. The van der Waals surface area contributed by atoms with Gasteiger partial charge in [0.05, 0.1) is 23.6 Å². The summed E-state index contributed by atoms with van der Waals surface area (Å²) in [6, 6.07) is 4.50. The van der Waals surface area contributed by atoms with Gasteiger partial charge in [0.25, 0.3) is 5.69 Å². The van der Waals surface area contributed by atoms with Crippen molar-refractivity contribution in [3.63, 3.8) is 0 Å². The van der Waals surface area contributed by atoms with Crippen molar-refractivity contribution in [2.24, 2.45) is 0 Å². The van der Waals surface area contributed by atoms with Gasteiger partial charge in [0, 0.05) is 17.8 Å². The average Bonchev–Trinajstić information content (AvgIpc) is 2.25. The minimum absolute atomic E-state index is 0.0253. The summed E-state index contributed by atoms with van der Waals surface area (Å²) in [7, 11) is 0. The molecule has 0 aliphatic rings. The number of nitro groups is 1. The molecule has 1 rings (SSSR count). The van der Waals surface area contributed by atoms with Crippen LogP contribution in [0.3, 0.4) is 0 Å². The van der Waals surface area contributed by atoms with Gasteiger partial charge in [-0.05, 0) is 13.8 Å². The van der Waals surface area contributed by atoms with E-state index in [-0.39, 0.29) is 11.8 Å². The predicted molar refractivity (Wildman–Crippen MR) is 66.2 cm³/mol. The molecule has 1 aromatic carbocycles. The standard InChI is InChI=1S/C12H14N2O3/c1-4-5-13-10-6-11(14(15)16)8-12(7-10)17-9(2)3/h1,6-9,13H,5H2,2-3H3. The zero-order valence-corrected chi connectivity index (χ0v) is 9.77. The Kier molecular flexibility index (Phi) is 4.35. The number of nitro benzene ring substituents is 1. The van der Waals surface area contributed by atoms with Gasteiger partial charge in [-0.3, -0.25) is 10.1 Å². The van der Waals surface area contributed by atoms with E-state index >= 15 is 0 Å². The van der Waals surface area contributed by atoms with Crippen molar-refractivity contribution in [3.05, 3.63) is 28.3 Å². The first kappa shape index (κ1) is 12.8. The molecule has 1 N–H and O–H groups in total. The van der Waals surface area contributed by atoms with Gasteiger partial charge in [0.2, 0.25) is 0 Å². The van der Waals surface area contributed by atoms with E-state index < -0.39 is 4.92 Å². The van der Waals surface area contributed by atoms with Crippen LogP contribution < -0.4 is 10.1 Å². The first-order valence-corrected chi connectivity index (χ1v) is 5.16. The van der Waals surface area contributed by atoms with Gasteiger partial charge in [-0.25, -0.2) is 0 Å². The van der Waals surface area contributed by atoms with E-state index in [0.29, 0.717) is 18.0 Å². The highest BCUT2D eigenvalue weighted by atomic mass is 16.6. The Hall–Kier alpha value is -2.22. The third-order valence-corrected chi connectivity index (χ3v) is 1.87. The van der Waals surface area contributed by atoms with Crippen molar-refractivity contribution in [2.75, 3.05) is 11.9 Å². The molecule has 0 spiro atoms. The van der Waals surface area contributed by atoms with Crippen LogP contribution in [-0.2, 0) is 0 Å². The summed E-state index contributed by atoms with van der Waals surface area (Å²) in [5.41, 5.74) is 0.551. The number of anilines is 1. The van der Waals surface area contributed by atoms with Gasteiger partial charge >= 0.3 is 0 Å². The number of non-ortho nitro benzene ring substituents is 1. The van der Waals surface area contributed by atoms with E-state index in [2.05, 4.69) is 11.2 Å². The Morgan fingerprint density at radius 2 is 2.24 bits per heavy atom. The van der Waals surface area contributed by atoms with E-state index in [4.69, 9.17) is 11.2 Å². The molecule has 0 saturated carbocycles. The number of hydrogen-bond acceptors (Lipinski definition) is 4. The number of benzene rings is 1. The minimum Gasteiger partial charge on any atom is -0.491 e. The smallest absolute Gasteiger partial charge is 0.275 e. The second-order valence-electron chi connectivity index (χ2n) is 3.70. The Labute approximate surface area is 99.9 Å². The van der Waals surface area contributed by atoms with Crippen LogP contribution in [0.5, 0.6) is 5.75 Å². The Balaban J connectivity index is 3.01. The highest BCUT2D eigenvalue weighted by molar-refractivity contribution is 5.56. The highest BCUT2D eigenvalue weighted by Crippen LogP contribution is 2.26. The molecule has 0 unspecified atom stereocenters. The molecule has 0 radical (unpaired) electrons. The summed E-state index contributed by atoms with van der Waals surface area (Å²) in [6.07, 6.45) is 5.07. The minimum atomic E-state index is -0.464. The third-order valence-electron chi connectivity index (χ3n) is 1.87. The lowest BCUT2D eigenvalue weighted by Crippen LogP contribution is -2.07. The summed E-state index contributed by atoms with van der Waals surface area (Å²) < 4.78 is 5.43. The van der Waals surface area contributed by atoms with Crippen molar-refractivity contribution in [3.8, 4) is 18.1 Å². The van der Waals surface area contributed by atoms with Gasteiger partial charge in [-0.15, -0.1) is 6.42 Å². The monoisotopic (exact) mass is 234 g/mol. The second-order valence-corrected chi connectivity index (χ2v) is 3.70. The molecule has 0 atom stereocenters. The quantitative estimate of drug-likeness (QED) is 0.482. The van der Waals surface area contributed by atoms with E-state index in [1.165, 1.54) is 12.1 Å². The number of hydrogen-bond donors (Lipinski definition) is 1. The average molecular weight is 234 g/mol. The zero-order valence-electron chi connectivity index (χ0n) is 9.77. The molecule has 0 saturated heterocycles. The summed E-state index contributed by atoms with van der Waals surface area (Å²) in [5.74, 6) is 2.86. The van der Waals surface area contributed by atoms with Crippen LogP contribution >= 0.6 is 0 Å². The SMILES string of the molecule is C#CCNc1cc(OC(C)C)cc([N+](=O)[O-])c1. The Morgan fingerprint density at radius 3 is 2.76 bits per heavy atom. The third kappa shape index (κ3) is 4.03. The van der Waals surface area contributed by atoms with Crippen molar-refractivity contribution in [2.45, 2.75) is 20.0 Å². The van der Waals surface area contributed by atoms with Crippen LogP contribution in [0, 0.1) is 22.5 Å². The molecule has 17 heavy (non-hydrogen) atoms. The van der Waals surface area contributed by atoms with E-state index in [9.17, 15) is 10.1 Å². The number of rotatable bonds is 5. The Morgan fingerprint density at radius 1 is 1.53 bits per heavy atom. The summed E-state index contributed by atoms with van der Waals surface area (Å²) >= 11 is 0. The largest absolute Gasteiger partial charge is 0.491 e. The first-order valence-electron chi connectivity index (χ1n) is 5.16. The van der Waals surface area contributed by atoms with Crippen LogP contribution in [0.25, 0.3) is 0 Å². The van der Waals surface area contributed by atoms with Crippen LogP contribution in [-0.4, -0.2) is 17.6 Å². The van der Waals surface area contributed by atoms with E-state index in [0.717, 1.165) is 0 Å². The highest BCUT2D eigenvalue weighted by Gasteiger charge is 2.11. The fourth-order valence-corrected chi connectivity index (χ4v) is 1.28.